The minimum Gasteiger partial charge on any atom is -0.497 e. The second-order valence-electron chi connectivity index (χ2n) is 9.58. The number of halogens is 3. The van der Waals surface area contributed by atoms with Crippen molar-refractivity contribution in [2.75, 3.05) is 49.5 Å². The van der Waals surface area contributed by atoms with Gasteiger partial charge in [0.25, 0.3) is 10.0 Å². The van der Waals surface area contributed by atoms with Crippen LogP contribution in [0.2, 0.25) is 0 Å². The summed E-state index contributed by atoms with van der Waals surface area (Å²) in [5.74, 6) is -2.80. The van der Waals surface area contributed by atoms with E-state index in [2.05, 4.69) is 14.5 Å². The summed E-state index contributed by atoms with van der Waals surface area (Å²) >= 11 is 0. The Balaban J connectivity index is 0.000000559. The van der Waals surface area contributed by atoms with Gasteiger partial charge in [-0.05, 0) is 87.2 Å². The van der Waals surface area contributed by atoms with Gasteiger partial charge in [-0.1, -0.05) is 0 Å². The fourth-order valence-electron chi connectivity index (χ4n) is 4.75. The van der Waals surface area contributed by atoms with Crippen LogP contribution in [0.15, 0.2) is 47.4 Å². The van der Waals surface area contributed by atoms with Crippen molar-refractivity contribution in [3.05, 3.63) is 48.0 Å². The first-order valence-electron chi connectivity index (χ1n) is 12.6. The maximum atomic E-state index is 13.1. The molecule has 1 atom stereocenters. The molecule has 4 rings (SSSR count). The number of alkyl halides is 3. The molecule has 2 aliphatic heterocycles. The normalized spacial score (nSPS) is 18.0. The van der Waals surface area contributed by atoms with Crippen molar-refractivity contribution in [1.82, 2.24) is 4.90 Å². The van der Waals surface area contributed by atoms with Gasteiger partial charge in [0.2, 0.25) is 0 Å². The van der Waals surface area contributed by atoms with Gasteiger partial charge in [0.05, 0.1) is 28.9 Å². The molecule has 14 heteroatoms. The number of nitrogens with one attached hydrogen (secondary N) is 1. The van der Waals surface area contributed by atoms with E-state index >= 15 is 0 Å². The van der Waals surface area contributed by atoms with Crippen LogP contribution < -0.4 is 14.4 Å². The number of carboxylic acid groups (broad SMARTS) is 2. The number of ether oxygens (including phenoxy) is 1. The van der Waals surface area contributed by atoms with E-state index in [1.54, 1.807) is 18.2 Å². The van der Waals surface area contributed by atoms with Crippen molar-refractivity contribution in [1.29, 1.82) is 0 Å². The van der Waals surface area contributed by atoms with Gasteiger partial charge in [-0.2, -0.15) is 13.2 Å². The highest BCUT2D eigenvalue weighted by Crippen LogP contribution is 2.33. The van der Waals surface area contributed by atoms with Gasteiger partial charge in [0.15, 0.2) is 0 Å². The molecule has 2 heterocycles. The van der Waals surface area contributed by atoms with Crippen LogP contribution in [0.25, 0.3) is 0 Å². The number of likely N-dealkylation sites (tertiary alicyclic amines) is 1. The first-order chi connectivity index (χ1) is 18.8. The SMILES string of the molecule is COc1ccc(S(=O)(=O)Nc2cc(C(=O)O)ccc2N2CCCC(CN3CCCC3)C2)cc1.O=C(O)C(F)(F)F. The molecule has 0 aliphatic carbocycles. The molecule has 1 unspecified atom stereocenters. The van der Waals surface area contributed by atoms with Gasteiger partial charge >= 0.3 is 18.1 Å². The summed E-state index contributed by atoms with van der Waals surface area (Å²) in [5.41, 5.74) is 1.03. The van der Waals surface area contributed by atoms with Crippen LogP contribution in [0.5, 0.6) is 5.75 Å². The summed E-state index contributed by atoms with van der Waals surface area (Å²) in [4.78, 5) is 25.3. The molecule has 2 fully saturated rings. The van der Waals surface area contributed by atoms with Gasteiger partial charge in [-0.3, -0.25) is 4.72 Å². The third-order valence-corrected chi connectivity index (χ3v) is 8.06. The molecule has 220 valence electrons. The highest BCUT2D eigenvalue weighted by molar-refractivity contribution is 7.92. The predicted molar refractivity (Wildman–Crippen MR) is 142 cm³/mol. The van der Waals surface area contributed by atoms with Crippen molar-refractivity contribution < 1.29 is 46.1 Å². The summed E-state index contributed by atoms with van der Waals surface area (Å²) < 4.78 is 65.7. The Bertz CT molecular complexity index is 1280. The van der Waals surface area contributed by atoms with E-state index in [1.807, 2.05) is 0 Å². The molecule has 2 aliphatic rings. The van der Waals surface area contributed by atoms with Gasteiger partial charge < -0.3 is 24.7 Å². The van der Waals surface area contributed by atoms with Gasteiger partial charge in [-0.15, -0.1) is 0 Å². The molecular weight excluding hydrogens is 555 g/mol. The monoisotopic (exact) mass is 587 g/mol. The minimum absolute atomic E-state index is 0.0387. The van der Waals surface area contributed by atoms with Crippen molar-refractivity contribution >= 4 is 33.3 Å². The number of rotatable bonds is 8. The Kier molecular flexibility index (Phi) is 10.3. The Morgan fingerprint density at radius 2 is 1.65 bits per heavy atom. The number of hydrogen-bond donors (Lipinski definition) is 3. The van der Waals surface area contributed by atoms with Crippen LogP contribution in [0.4, 0.5) is 24.5 Å². The van der Waals surface area contributed by atoms with Crippen LogP contribution in [-0.2, 0) is 14.8 Å². The zero-order valence-electron chi connectivity index (χ0n) is 21.9. The molecule has 10 nitrogen and oxygen atoms in total. The lowest BCUT2D eigenvalue weighted by Crippen LogP contribution is -2.40. The molecule has 2 aromatic rings. The van der Waals surface area contributed by atoms with Crippen LogP contribution in [-0.4, -0.2) is 81.5 Å². The molecular formula is C26H32F3N3O7S. The standard InChI is InChI=1S/C24H31N3O5S.C2HF3O2/c1-32-20-7-9-21(10-8-20)33(30,31)25-22-15-19(24(28)29)6-11-23(22)27-14-4-5-18(17-27)16-26-12-2-3-13-26;3-2(4,5)1(6)7/h6-11,15,18,25H,2-5,12-14,16-17H2,1H3,(H,28,29);(H,6,7). The maximum absolute atomic E-state index is 13.1. The molecule has 2 aromatic carbocycles. The molecule has 0 radical (unpaired) electrons. The number of carbonyl (C=O) groups is 2. The lowest BCUT2D eigenvalue weighted by atomic mass is 9.96. The first-order valence-corrected chi connectivity index (χ1v) is 14.1. The summed E-state index contributed by atoms with van der Waals surface area (Å²) in [6, 6.07) is 10.8. The largest absolute Gasteiger partial charge is 0.497 e. The average molecular weight is 588 g/mol. The summed E-state index contributed by atoms with van der Waals surface area (Å²) in [6.07, 6.45) is -0.411. The third-order valence-electron chi connectivity index (χ3n) is 6.67. The number of sulfonamides is 1. The molecule has 0 saturated carbocycles. The van der Waals surface area contributed by atoms with E-state index in [0.29, 0.717) is 17.4 Å². The maximum Gasteiger partial charge on any atom is 0.490 e. The predicted octanol–water partition coefficient (Wildman–Crippen LogP) is 4.14. The second-order valence-corrected chi connectivity index (χ2v) is 11.3. The van der Waals surface area contributed by atoms with Crippen molar-refractivity contribution in [3.8, 4) is 5.75 Å². The fraction of sp³-hybridized carbons (Fsp3) is 0.462. The molecule has 0 aromatic heterocycles. The van der Waals surface area contributed by atoms with E-state index in [-0.39, 0.29) is 16.1 Å². The van der Waals surface area contributed by atoms with Gasteiger partial charge in [0, 0.05) is 19.6 Å². The number of methoxy groups -OCH3 is 1. The lowest BCUT2D eigenvalue weighted by Gasteiger charge is -2.37. The van der Waals surface area contributed by atoms with Gasteiger partial charge in [-0.25, -0.2) is 18.0 Å². The van der Waals surface area contributed by atoms with E-state index in [9.17, 15) is 31.5 Å². The molecule has 40 heavy (non-hydrogen) atoms. The summed E-state index contributed by atoms with van der Waals surface area (Å²) in [6.45, 7) is 4.98. The van der Waals surface area contributed by atoms with Crippen LogP contribution >= 0.6 is 0 Å². The highest BCUT2D eigenvalue weighted by atomic mass is 32.2. The zero-order valence-corrected chi connectivity index (χ0v) is 22.7. The topological polar surface area (TPSA) is 136 Å². The lowest BCUT2D eigenvalue weighted by molar-refractivity contribution is -0.192. The number of nitrogens with zero attached hydrogens (tertiary/aromatic N) is 2. The van der Waals surface area contributed by atoms with Crippen LogP contribution in [0.1, 0.15) is 36.0 Å². The average Bonchev–Trinajstić information content (AvgIpc) is 3.41. The highest BCUT2D eigenvalue weighted by Gasteiger charge is 2.38. The number of aromatic carboxylic acids is 1. The Labute approximate surface area is 230 Å². The number of benzene rings is 2. The number of hydrogen-bond acceptors (Lipinski definition) is 7. The van der Waals surface area contributed by atoms with Crippen molar-refractivity contribution in [3.63, 3.8) is 0 Å². The number of aliphatic carboxylic acids is 1. The fourth-order valence-corrected chi connectivity index (χ4v) is 5.81. The zero-order chi connectivity index (χ0) is 29.5. The molecule has 0 spiro atoms. The number of anilines is 2. The third kappa shape index (κ3) is 8.49. The van der Waals surface area contributed by atoms with E-state index < -0.39 is 28.1 Å². The van der Waals surface area contributed by atoms with Crippen molar-refractivity contribution in [2.45, 2.75) is 36.8 Å². The van der Waals surface area contributed by atoms with Crippen molar-refractivity contribution in [2.24, 2.45) is 5.92 Å². The number of carboxylic acids is 2. The molecule has 0 amide bonds. The first kappa shape index (κ1) is 31.0. The molecule has 2 saturated heterocycles. The number of piperidine rings is 1. The van der Waals surface area contributed by atoms with Gasteiger partial charge in [0.1, 0.15) is 5.75 Å². The molecule has 3 N–H and O–H groups in total. The Morgan fingerprint density at radius 1 is 1.02 bits per heavy atom. The quantitative estimate of drug-likeness (QED) is 0.416. The molecule has 0 bridgehead atoms. The Hall–Kier alpha value is -3.52. The second kappa shape index (κ2) is 13.2. The summed E-state index contributed by atoms with van der Waals surface area (Å²) in [7, 11) is -2.39. The van der Waals surface area contributed by atoms with E-state index in [4.69, 9.17) is 14.6 Å². The minimum atomic E-state index is -5.08. The smallest absolute Gasteiger partial charge is 0.490 e. The van der Waals surface area contributed by atoms with E-state index in [1.165, 1.54) is 44.2 Å². The van der Waals surface area contributed by atoms with E-state index in [0.717, 1.165) is 45.6 Å². The van der Waals surface area contributed by atoms with Crippen LogP contribution in [0.3, 0.4) is 0 Å². The van der Waals surface area contributed by atoms with Crippen LogP contribution in [0, 0.1) is 5.92 Å². The Morgan fingerprint density at radius 3 is 2.20 bits per heavy atom. The summed E-state index contributed by atoms with van der Waals surface area (Å²) in [5, 5.41) is 16.6.